The summed E-state index contributed by atoms with van der Waals surface area (Å²) in [6, 6.07) is 5.04. The Labute approximate surface area is 111 Å². The predicted molar refractivity (Wildman–Crippen MR) is 69.5 cm³/mol. The Hall–Kier alpha value is -1.85. The molecule has 3 heterocycles. The van der Waals surface area contributed by atoms with E-state index in [2.05, 4.69) is 15.2 Å². The van der Waals surface area contributed by atoms with Crippen molar-refractivity contribution < 1.29 is 9.18 Å². The molecule has 0 aromatic carbocycles. The molecular weight excluding hydrogens is 247 g/mol. The highest BCUT2D eigenvalue weighted by Crippen LogP contribution is 2.22. The summed E-state index contributed by atoms with van der Waals surface area (Å²) in [7, 11) is 0. The Bertz CT molecular complexity index is 481. The van der Waals surface area contributed by atoms with E-state index in [4.69, 9.17) is 0 Å². The van der Waals surface area contributed by atoms with E-state index < -0.39 is 5.95 Å². The summed E-state index contributed by atoms with van der Waals surface area (Å²) < 4.78 is 13.2. The molecule has 0 radical (unpaired) electrons. The second kappa shape index (κ2) is 5.03. The third-order valence-electron chi connectivity index (χ3n) is 3.75. The molecule has 0 aliphatic carbocycles. The van der Waals surface area contributed by atoms with Crippen LogP contribution in [0.15, 0.2) is 18.2 Å². The zero-order valence-electron chi connectivity index (χ0n) is 10.7. The zero-order valence-corrected chi connectivity index (χ0v) is 10.7. The van der Waals surface area contributed by atoms with Crippen molar-refractivity contribution in [3.63, 3.8) is 0 Å². The molecule has 3 rings (SSSR count). The molecule has 1 N–H and O–H groups in total. The Morgan fingerprint density at radius 2 is 2.26 bits per heavy atom. The smallest absolute Gasteiger partial charge is 0.317 e. The van der Waals surface area contributed by atoms with Gasteiger partial charge < -0.3 is 15.1 Å². The first-order valence-corrected chi connectivity index (χ1v) is 6.66. The second-order valence-corrected chi connectivity index (χ2v) is 4.99. The lowest BCUT2D eigenvalue weighted by atomic mass is 10.0. The van der Waals surface area contributed by atoms with Crippen LogP contribution in [0.3, 0.4) is 0 Å². The fourth-order valence-corrected chi connectivity index (χ4v) is 2.83. The van der Waals surface area contributed by atoms with Crippen molar-refractivity contribution in [2.24, 2.45) is 0 Å². The van der Waals surface area contributed by atoms with Gasteiger partial charge in [-0.15, -0.1) is 0 Å². The minimum atomic E-state index is -0.460. The Morgan fingerprint density at radius 3 is 3.00 bits per heavy atom. The van der Waals surface area contributed by atoms with Gasteiger partial charge in [0.15, 0.2) is 0 Å². The highest BCUT2D eigenvalue weighted by molar-refractivity contribution is 5.76. The van der Waals surface area contributed by atoms with E-state index in [0.29, 0.717) is 12.4 Å². The molecule has 1 aromatic heterocycles. The lowest BCUT2D eigenvalue weighted by molar-refractivity contribution is 0.189. The minimum absolute atomic E-state index is 0.0130. The monoisotopic (exact) mass is 264 g/mol. The van der Waals surface area contributed by atoms with Gasteiger partial charge in [-0.3, -0.25) is 0 Å². The number of urea groups is 1. The number of nitrogens with one attached hydrogen (secondary N) is 1. The van der Waals surface area contributed by atoms with Crippen molar-refractivity contribution in [1.29, 1.82) is 0 Å². The highest BCUT2D eigenvalue weighted by atomic mass is 19.1. The van der Waals surface area contributed by atoms with Crippen LogP contribution in [0.25, 0.3) is 0 Å². The lowest BCUT2D eigenvalue weighted by Crippen LogP contribution is -2.49. The molecule has 102 valence electrons. The number of carbonyl (C=O) groups excluding carboxylic acids is 1. The summed E-state index contributed by atoms with van der Waals surface area (Å²) in [4.78, 5) is 19.5. The molecule has 6 heteroatoms. The van der Waals surface area contributed by atoms with E-state index >= 15 is 0 Å². The summed E-state index contributed by atoms with van der Waals surface area (Å²) >= 11 is 0. The molecule has 0 spiro atoms. The number of halogens is 1. The maximum Gasteiger partial charge on any atom is 0.317 e. The Balaban J connectivity index is 1.72. The van der Waals surface area contributed by atoms with Gasteiger partial charge in [0.05, 0.1) is 6.04 Å². The molecule has 5 nitrogen and oxygen atoms in total. The average Bonchev–Trinajstić information content (AvgIpc) is 2.85. The van der Waals surface area contributed by atoms with Crippen LogP contribution in [0.4, 0.5) is 15.0 Å². The minimum Gasteiger partial charge on any atom is -0.354 e. The molecule has 2 saturated heterocycles. The number of pyridine rings is 1. The SMILES string of the molecule is O=C1NCCN1[C@@H]1CCCN(c2cccc(F)n2)C1. The van der Waals surface area contributed by atoms with Crippen LogP contribution in [0.1, 0.15) is 12.8 Å². The zero-order chi connectivity index (χ0) is 13.2. The van der Waals surface area contributed by atoms with E-state index in [1.807, 2.05) is 11.0 Å². The average molecular weight is 264 g/mol. The van der Waals surface area contributed by atoms with E-state index in [1.165, 1.54) is 6.07 Å². The maximum atomic E-state index is 13.2. The van der Waals surface area contributed by atoms with Crippen LogP contribution in [-0.4, -0.2) is 48.1 Å². The molecule has 19 heavy (non-hydrogen) atoms. The molecule has 0 unspecified atom stereocenters. The van der Waals surface area contributed by atoms with Gasteiger partial charge in [0.2, 0.25) is 5.95 Å². The van der Waals surface area contributed by atoms with Crippen molar-refractivity contribution in [2.75, 3.05) is 31.1 Å². The van der Waals surface area contributed by atoms with Gasteiger partial charge in [-0.05, 0) is 25.0 Å². The maximum absolute atomic E-state index is 13.2. The third kappa shape index (κ3) is 2.47. The highest BCUT2D eigenvalue weighted by Gasteiger charge is 2.31. The molecule has 0 bridgehead atoms. The van der Waals surface area contributed by atoms with Gasteiger partial charge in [-0.1, -0.05) is 6.07 Å². The van der Waals surface area contributed by atoms with E-state index in [0.717, 1.165) is 32.5 Å². The summed E-state index contributed by atoms with van der Waals surface area (Å²) in [5, 5.41) is 2.82. The first-order valence-electron chi connectivity index (χ1n) is 6.66. The van der Waals surface area contributed by atoms with E-state index in [1.54, 1.807) is 6.07 Å². The number of nitrogens with zero attached hydrogens (tertiary/aromatic N) is 3. The number of anilines is 1. The van der Waals surface area contributed by atoms with Gasteiger partial charge in [-0.25, -0.2) is 9.78 Å². The van der Waals surface area contributed by atoms with Crippen LogP contribution < -0.4 is 10.2 Å². The topological polar surface area (TPSA) is 48.5 Å². The van der Waals surface area contributed by atoms with E-state index in [-0.39, 0.29) is 12.1 Å². The van der Waals surface area contributed by atoms with E-state index in [9.17, 15) is 9.18 Å². The fourth-order valence-electron chi connectivity index (χ4n) is 2.83. The standard InChI is InChI=1S/C13H17FN4O/c14-11-4-1-5-12(16-11)17-7-2-3-10(9-17)18-8-6-15-13(18)19/h1,4-5,10H,2-3,6-9H2,(H,15,19)/t10-/m1/s1. The summed E-state index contributed by atoms with van der Waals surface area (Å²) in [6.45, 7) is 3.06. The number of piperidine rings is 1. The van der Waals surface area contributed by atoms with Crippen LogP contribution >= 0.6 is 0 Å². The molecule has 2 aliphatic heterocycles. The second-order valence-electron chi connectivity index (χ2n) is 4.99. The van der Waals surface area contributed by atoms with Gasteiger partial charge in [0.1, 0.15) is 5.82 Å². The van der Waals surface area contributed by atoms with Crippen molar-refractivity contribution >= 4 is 11.8 Å². The van der Waals surface area contributed by atoms with Crippen molar-refractivity contribution in [3.05, 3.63) is 24.1 Å². The quantitative estimate of drug-likeness (QED) is 0.817. The molecule has 2 aliphatic rings. The molecule has 2 fully saturated rings. The van der Waals surface area contributed by atoms with Gasteiger partial charge in [0, 0.05) is 26.2 Å². The number of aromatic nitrogens is 1. The molecule has 2 amide bonds. The van der Waals surface area contributed by atoms with Crippen molar-refractivity contribution in [1.82, 2.24) is 15.2 Å². The van der Waals surface area contributed by atoms with Crippen LogP contribution in [0.2, 0.25) is 0 Å². The van der Waals surface area contributed by atoms with Crippen molar-refractivity contribution in [3.8, 4) is 0 Å². The van der Waals surface area contributed by atoms with Crippen LogP contribution in [0, 0.1) is 5.95 Å². The summed E-state index contributed by atoms with van der Waals surface area (Å²) in [6.07, 6.45) is 1.99. The molecule has 0 saturated carbocycles. The summed E-state index contributed by atoms with van der Waals surface area (Å²) in [5.74, 6) is 0.197. The Morgan fingerprint density at radius 1 is 1.37 bits per heavy atom. The third-order valence-corrected chi connectivity index (χ3v) is 3.75. The van der Waals surface area contributed by atoms with Gasteiger partial charge >= 0.3 is 6.03 Å². The van der Waals surface area contributed by atoms with Crippen molar-refractivity contribution in [2.45, 2.75) is 18.9 Å². The number of hydrogen-bond donors (Lipinski definition) is 1. The van der Waals surface area contributed by atoms with Gasteiger partial charge in [0.25, 0.3) is 0 Å². The Kier molecular flexibility index (Phi) is 3.23. The van der Waals surface area contributed by atoms with Crippen LogP contribution in [0.5, 0.6) is 0 Å². The first-order chi connectivity index (χ1) is 9.24. The molecule has 1 atom stereocenters. The lowest BCUT2D eigenvalue weighted by Gasteiger charge is -2.37. The normalized spacial score (nSPS) is 23.6. The van der Waals surface area contributed by atoms with Crippen LogP contribution in [-0.2, 0) is 0 Å². The molecular formula is C13H17FN4O. The number of rotatable bonds is 2. The predicted octanol–water partition coefficient (Wildman–Crippen LogP) is 1.21. The first kappa shape index (κ1) is 12.2. The number of carbonyl (C=O) groups is 1. The summed E-state index contributed by atoms with van der Waals surface area (Å²) in [5.41, 5.74) is 0. The van der Waals surface area contributed by atoms with Gasteiger partial charge in [-0.2, -0.15) is 4.39 Å². The fraction of sp³-hybridized carbons (Fsp3) is 0.538. The largest absolute Gasteiger partial charge is 0.354 e. The number of amides is 2. The number of hydrogen-bond acceptors (Lipinski definition) is 3. The molecule has 1 aromatic rings.